The van der Waals surface area contributed by atoms with Crippen LogP contribution in [0.2, 0.25) is 0 Å². The van der Waals surface area contributed by atoms with E-state index >= 15 is 0 Å². The van der Waals surface area contributed by atoms with Crippen molar-refractivity contribution in [3.8, 4) is 0 Å². The largest absolute Gasteiger partial charge is 0.469 e. The van der Waals surface area contributed by atoms with Crippen LogP contribution in [0.3, 0.4) is 0 Å². The molecule has 0 saturated carbocycles. The van der Waals surface area contributed by atoms with Crippen molar-refractivity contribution in [3.63, 3.8) is 0 Å². The van der Waals surface area contributed by atoms with E-state index in [2.05, 4.69) is 10.3 Å². The summed E-state index contributed by atoms with van der Waals surface area (Å²) < 4.78 is 6.76. The number of carbonyl (C=O) groups excluding carboxylic acids is 1. The third-order valence-electron chi connectivity index (χ3n) is 3.57. The molecule has 2 heterocycles. The molecular weight excluding hydrogens is 326 g/mol. The normalized spacial score (nSPS) is 10.9. The third-order valence-corrected chi connectivity index (χ3v) is 4.51. The van der Waals surface area contributed by atoms with Gasteiger partial charge >= 0.3 is 0 Å². The number of fused-ring (bicyclic) bond motifs is 1. The van der Waals surface area contributed by atoms with Crippen LogP contribution in [0.15, 0.2) is 56.9 Å². The number of carbonyl (C=O) groups is 1. The molecule has 0 atom stereocenters. The summed E-state index contributed by atoms with van der Waals surface area (Å²) in [4.78, 5) is 28.6. The van der Waals surface area contributed by atoms with Gasteiger partial charge in [-0.05, 0) is 24.3 Å². The molecule has 1 N–H and O–H groups in total. The zero-order valence-electron chi connectivity index (χ0n) is 13.2. The van der Waals surface area contributed by atoms with E-state index in [1.54, 1.807) is 17.9 Å². The smallest absolute Gasteiger partial charge is 0.283 e. The lowest BCUT2D eigenvalue weighted by Crippen LogP contribution is -2.28. The fourth-order valence-electron chi connectivity index (χ4n) is 2.31. The molecule has 124 valence electrons. The molecule has 0 unspecified atom stereocenters. The molecule has 0 bridgehead atoms. The minimum absolute atomic E-state index is 0.136. The van der Waals surface area contributed by atoms with Crippen molar-refractivity contribution in [2.45, 2.75) is 11.4 Å². The van der Waals surface area contributed by atoms with E-state index in [9.17, 15) is 9.59 Å². The molecular formula is C17H17N3O3S. The number of nitrogens with zero attached hydrogens (tertiary/aromatic N) is 2. The lowest BCUT2D eigenvalue weighted by atomic mass is 10.3. The maximum Gasteiger partial charge on any atom is 0.283 e. The predicted octanol–water partition coefficient (Wildman–Crippen LogP) is 1.98. The molecule has 6 nitrogen and oxygen atoms in total. The molecule has 0 fully saturated rings. The minimum atomic E-state index is -0.193. The summed E-state index contributed by atoms with van der Waals surface area (Å²) in [5.41, 5.74) is 1.32. The van der Waals surface area contributed by atoms with Gasteiger partial charge in [0.05, 0.1) is 23.0 Å². The molecule has 0 saturated heterocycles. The van der Waals surface area contributed by atoms with Crippen molar-refractivity contribution in [3.05, 3.63) is 58.8 Å². The van der Waals surface area contributed by atoms with Crippen LogP contribution in [0.4, 0.5) is 0 Å². The highest BCUT2D eigenvalue weighted by Gasteiger charge is 2.11. The van der Waals surface area contributed by atoms with Gasteiger partial charge in [0.1, 0.15) is 5.76 Å². The van der Waals surface area contributed by atoms with Gasteiger partial charge in [-0.1, -0.05) is 23.9 Å². The second-order valence-corrected chi connectivity index (χ2v) is 6.20. The highest BCUT2D eigenvalue weighted by molar-refractivity contribution is 7.99. The van der Waals surface area contributed by atoms with Gasteiger partial charge < -0.3 is 14.3 Å². The zero-order chi connectivity index (χ0) is 16.9. The van der Waals surface area contributed by atoms with Crippen LogP contribution < -0.4 is 10.9 Å². The van der Waals surface area contributed by atoms with Gasteiger partial charge in [0, 0.05) is 20.0 Å². The first-order valence-electron chi connectivity index (χ1n) is 7.53. The van der Waals surface area contributed by atoms with Gasteiger partial charge in [-0.3, -0.25) is 9.59 Å². The highest BCUT2D eigenvalue weighted by Crippen LogP contribution is 2.15. The molecule has 1 amide bonds. The Hall–Kier alpha value is -2.54. The zero-order valence-corrected chi connectivity index (χ0v) is 14.0. The second-order valence-electron chi connectivity index (χ2n) is 5.24. The third kappa shape index (κ3) is 3.68. The average Bonchev–Trinajstić information content (AvgIpc) is 3.10. The first-order valence-corrected chi connectivity index (χ1v) is 8.51. The number of benzene rings is 1. The lowest BCUT2D eigenvalue weighted by molar-refractivity contribution is -0.118. The van der Waals surface area contributed by atoms with Gasteiger partial charge in [-0.15, -0.1) is 0 Å². The molecule has 0 aliphatic rings. The Balaban J connectivity index is 1.60. The van der Waals surface area contributed by atoms with E-state index in [1.807, 2.05) is 36.4 Å². The van der Waals surface area contributed by atoms with Crippen molar-refractivity contribution < 1.29 is 9.21 Å². The maximum absolute atomic E-state index is 12.3. The number of aryl methyl sites for hydroxylation is 1. The number of nitrogens with one attached hydrogen (secondary N) is 1. The number of hydrogen-bond donors (Lipinski definition) is 1. The van der Waals surface area contributed by atoms with Gasteiger partial charge in [0.2, 0.25) is 5.91 Å². The van der Waals surface area contributed by atoms with E-state index < -0.39 is 0 Å². The monoisotopic (exact) mass is 343 g/mol. The SMILES string of the molecule is Cn1c(=O)c(SCC(=O)NCCc2ccco2)nc2ccccc21. The second kappa shape index (κ2) is 7.35. The number of furan rings is 1. The van der Waals surface area contributed by atoms with Crippen LogP contribution in [-0.4, -0.2) is 27.8 Å². The van der Waals surface area contributed by atoms with Crippen LogP contribution in [0.5, 0.6) is 0 Å². The summed E-state index contributed by atoms with van der Waals surface area (Å²) in [5, 5.41) is 3.14. The Morgan fingerprint density at radius 1 is 1.29 bits per heavy atom. The van der Waals surface area contributed by atoms with E-state index in [0.29, 0.717) is 18.0 Å². The molecule has 0 aliphatic heterocycles. The van der Waals surface area contributed by atoms with Crippen molar-refractivity contribution >= 4 is 28.7 Å². The molecule has 3 rings (SSSR count). The Morgan fingerprint density at radius 3 is 2.92 bits per heavy atom. The number of hydrogen-bond acceptors (Lipinski definition) is 5. The summed E-state index contributed by atoms with van der Waals surface area (Å²) in [6, 6.07) is 11.1. The number of aromatic nitrogens is 2. The Bertz CT molecular complexity index is 903. The Morgan fingerprint density at radius 2 is 2.12 bits per heavy atom. The number of thioether (sulfide) groups is 1. The molecule has 0 aliphatic carbocycles. The van der Waals surface area contributed by atoms with Crippen molar-refractivity contribution in [1.82, 2.24) is 14.9 Å². The van der Waals surface area contributed by atoms with E-state index in [4.69, 9.17) is 4.42 Å². The molecule has 3 aromatic rings. The molecule has 7 heteroatoms. The quantitative estimate of drug-likeness (QED) is 0.693. The molecule has 0 radical (unpaired) electrons. The predicted molar refractivity (Wildman–Crippen MR) is 93.1 cm³/mol. The summed E-state index contributed by atoms with van der Waals surface area (Å²) >= 11 is 1.15. The molecule has 2 aromatic heterocycles. The van der Waals surface area contributed by atoms with Crippen LogP contribution in [0.1, 0.15) is 5.76 Å². The number of amides is 1. The topological polar surface area (TPSA) is 77.1 Å². The summed E-state index contributed by atoms with van der Waals surface area (Å²) in [5.74, 6) is 0.843. The summed E-state index contributed by atoms with van der Waals surface area (Å²) in [6.45, 7) is 0.496. The minimum Gasteiger partial charge on any atom is -0.469 e. The van der Waals surface area contributed by atoms with Gasteiger partial charge in [-0.2, -0.15) is 0 Å². The summed E-state index contributed by atoms with van der Waals surface area (Å²) in [7, 11) is 1.71. The average molecular weight is 343 g/mol. The highest BCUT2D eigenvalue weighted by atomic mass is 32.2. The van der Waals surface area contributed by atoms with Crippen LogP contribution >= 0.6 is 11.8 Å². The number of para-hydroxylation sites is 2. The molecule has 24 heavy (non-hydrogen) atoms. The molecule has 1 aromatic carbocycles. The fourth-order valence-corrected chi connectivity index (χ4v) is 3.10. The van der Waals surface area contributed by atoms with Crippen molar-refractivity contribution in [2.75, 3.05) is 12.3 Å². The van der Waals surface area contributed by atoms with Crippen LogP contribution in [0, 0.1) is 0 Å². The van der Waals surface area contributed by atoms with Crippen LogP contribution in [0.25, 0.3) is 11.0 Å². The molecule has 0 spiro atoms. The Labute approximate surface area is 142 Å². The van der Waals surface area contributed by atoms with Gasteiger partial charge in [-0.25, -0.2) is 4.98 Å². The van der Waals surface area contributed by atoms with E-state index in [1.165, 1.54) is 0 Å². The van der Waals surface area contributed by atoms with Crippen LogP contribution in [-0.2, 0) is 18.3 Å². The number of rotatable bonds is 6. The van der Waals surface area contributed by atoms with E-state index in [0.717, 1.165) is 28.6 Å². The fraction of sp³-hybridized carbons (Fsp3) is 0.235. The van der Waals surface area contributed by atoms with Crippen molar-refractivity contribution in [2.24, 2.45) is 7.05 Å². The Kier molecular flexibility index (Phi) is 5.00. The maximum atomic E-state index is 12.3. The first kappa shape index (κ1) is 16.3. The standard InChI is InChI=1S/C17H17N3O3S/c1-20-14-7-3-2-6-13(14)19-16(17(20)22)24-11-15(21)18-9-8-12-5-4-10-23-12/h2-7,10H,8-9,11H2,1H3,(H,18,21). The van der Waals surface area contributed by atoms with E-state index in [-0.39, 0.29) is 17.2 Å². The van der Waals surface area contributed by atoms with Gasteiger partial charge in [0.15, 0.2) is 5.03 Å². The first-order chi connectivity index (χ1) is 11.6. The summed E-state index contributed by atoms with van der Waals surface area (Å²) in [6.07, 6.45) is 2.24. The lowest BCUT2D eigenvalue weighted by Gasteiger charge is -2.07. The van der Waals surface area contributed by atoms with Gasteiger partial charge in [0.25, 0.3) is 5.56 Å². The van der Waals surface area contributed by atoms with Crippen molar-refractivity contribution in [1.29, 1.82) is 0 Å².